The van der Waals surface area contributed by atoms with Crippen molar-refractivity contribution in [2.45, 2.75) is 61.7 Å². The number of sulfonamides is 1. The third kappa shape index (κ3) is 11.7. The van der Waals surface area contributed by atoms with Crippen LogP contribution >= 0.6 is 34.7 Å². The maximum Gasteiger partial charge on any atom is 0.389 e. The fraction of sp³-hybridized carbons (Fsp3) is 0.367. The summed E-state index contributed by atoms with van der Waals surface area (Å²) in [6, 6.07) is 6.46. The number of hydrogen-bond acceptors (Lipinski definition) is 13. The first kappa shape index (κ1) is 41.2. The van der Waals surface area contributed by atoms with Crippen LogP contribution in [0.2, 0.25) is 5.02 Å². The zero-order valence-electron chi connectivity index (χ0n) is 28.1. The number of carbonyl (C=O) groups excluding carboxylic acids is 2. The summed E-state index contributed by atoms with van der Waals surface area (Å²) in [4.78, 5) is 51.4. The lowest BCUT2D eigenvalue weighted by atomic mass is 10.1. The molecule has 23 heteroatoms. The predicted molar refractivity (Wildman–Crippen MR) is 186 cm³/mol. The average molecular weight is 823 g/mol. The van der Waals surface area contributed by atoms with Crippen LogP contribution in [-0.2, 0) is 39.1 Å². The van der Waals surface area contributed by atoms with Crippen LogP contribution in [-0.4, -0.2) is 70.9 Å². The molecule has 5 rings (SSSR count). The molecule has 0 bridgehead atoms. The Hall–Kier alpha value is -4.54. The Morgan fingerprint density at radius 3 is 2.47 bits per heavy atom. The molecule has 1 aliphatic rings. The molecular weight excluding hydrogens is 792 g/mol. The predicted octanol–water partition coefficient (Wildman–Crippen LogP) is 4.99. The molecule has 3 heterocycles. The number of carbonyl (C=O) groups is 2. The number of alkyl halides is 3. The first-order valence-corrected chi connectivity index (χ1v) is 18.9. The lowest BCUT2D eigenvalue weighted by Crippen LogP contribution is -2.35. The van der Waals surface area contributed by atoms with Crippen molar-refractivity contribution in [3.05, 3.63) is 73.1 Å². The molecule has 0 spiro atoms. The Bertz CT molecular complexity index is 2210. The van der Waals surface area contributed by atoms with E-state index in [1.54, 1.807) is 14.1 Å². The fourth-order valence-corrected chi connectivity index (χ4v) is 7.75. The molecule has 1 aliphatic heterocycles. The summed E-state index contributed by atoms with van der Waals surface area (Å²) in [5, 5.41) is 2.31. The first-order valence-electron chi connectivity index (χ1n) is 15.3. The number of nitrogens with one attached hydrogen (secondary N) is 2. The van der Waals surface area contributed by atoms with E-state index in [2.05, 4.69) is 30.0 Å². The number of fused-ring (bicyclic) bond motifs is 1. The molecule has 0 radical (unpaired) electrons. The number of rotatable bonds is 10. The highest BCUT2D eigenvalue weighted by Crippen LogP contribution is 2.33. The Kier molecular flexibility index (Phi) is 14.0. The Balaban J connectivity index is 0.000000238. The van der Waals surface area contributed by atoms with Gasteiger partial charge in [0.2, 0.25) is 10.7 Å². The maximum absolute atomic E-state index is 14.3. The van der Waals surface area contributed by atoms with Crippen LogP contribution in [0.25, 0.3) is 0 Å². The third-order valence-corrected chi connectivity index (χ3v) is 10.7. The number of anilines is 1. The zero-order valence-corrected chi connectivity index (χ0v) is 31.3. The van der Waals surface area contributed by atoms with Crippen molar-refractivity contribution in [1.29, 1.82) is 0 Å². The number of halogens is 5. The second-order valence-electron chi connectivity index (χ2n) is 10.8. The molecule has 2 amide bonds. The van der Waals surface area contributed by atoms with E-state index in [4.69, 9.17) is 16.3 Å². The average Bonchev–Trinajstić information content (AvgIpc) is 3.41. The molecule has 2 aromatic heterocycles. The minimum Gasteiger partial charge on any atom is -0.468 e. The van der Waals surface area contributed by atoms with Crippen molar-refractivity contribution in [3.63, 3.8) is 0 Å². The van der Waals surface area contributed by atoms with E-state index in [1.165, 1.54) is 45.4 Å². The number of nitrogens with zero attached hydrogens (tertiary/aromatic N) is 6. The summed E-state index contributed by atoms with van der Waals surface area (Å²) >= 11 is 8.17. The SMILES string of the molecule is COC(=O)CSc1cc(/N=c2\sc(=O)n3n2CCCC3)c(F)cc1Cl.COc1nc(C)nc(NC(=O)NS(=O)(=O)c2ccccc2CCC(F)(F)F)n1. The van der Waals surface area contributed by atoms with Crippen molar-refractivity contribution < 1.29 is 45.0 Å². The van der Waals surface area contributed by atoms with E-state index < -0.39 is 51.8 Å². The maximum atomic E-state index is 14.3. The molecule has 2 N–H and O–H groups in total. The van der Waals surface area contributed by atoms with Gasteiger partial charge < -0.3 is 9.47 Å². The Labute approximate surface area is 312 Å². The van der Waals surface area contributed by atoms with Gasteiger partial charge in [-0.1, -0.05) is 29.8 Å². The molecule has 0 unspecified atom stereocenters. The summed E-state index contributed by atoms with van der Waals surface area (Å²) in [6.45, 7) is 2.83. The molecule has 0 saturated carbocycles. The van der Waals surface area contributed by atoms with Gasteiger partial charge in [-0.15, -0.1) is 11.8 Å². The molecule has 2 aromatic carbocycles. The Morgan fingerprint density at radius 1 is 1.09 bits per heavy atom. The zero-order chi connectivity index (χ0) is 38.9. The van der Waals surface area contributed by atoms with E-state index >= 15 is 0 Å². The van der Waals surface area contributed by atoms with Gasteiger partial charge in [-0.2, -0.15) is 28.1 Å². The monoisotopic (exact) mass is 822 g/mol. The number of esters is 1. The number of amides is 2. The van der Waals surface area contributed by atoms with Gasteiger partial charge in [0.25, 0.3) is 10.0 Å². The van der Waals surface area contributed by atoms with Crippen molar-refractivity contribution >= 4 is 68.4 Å². The van der Waals surface area contributed by atoms with Crippen molar-refractivity contribution in [1.82, 2.24) is 29.0 Å². The number of benzene rings is 2. The lowest BCUT2D eigenvalue weighted by Gasteiger charge is -2.15. The van der Waals surface area contributed by atoms with Gasteiger partial charge in [-0.05, 0) is 61.3 Å². The van der Waals surface area contributed by atoms with Gasteiger partial charge in [-0.3, -0.25) is 19.6 Å². The van der Waals surface area contributed by atoms with Crippen molar-refractivity contribution in [3.8, 4) is 6.01 Å². The number of hydrogen-bond donors (Lipinski definition) is 2. The van der Waals surface area contributed by atoms with Crippen LogP contribution in [0, 0.1) is 12.7 Å². The molecule has 0 saturated heterocycles. The summed E-state index contributed by atoms with van der Waals surface area (Å²) in [5.74, 6) is -0.974. The van der Waals surface area contributed by atoms with E-state index in [1.807, 2.05) is 0 Å². The molecule has 0 atom stereocenters. The standard InChI is InChI=1S/C15H15ClFN3O3S2.C15H16F3N5O4S/c1-23-13(21)8-24-12-7-11(10(17)6-9(12)16)18-14-19-4-2-3-5-20(19)15(22)25-14;1-9-19-12(22-14(20-9)27-2)21-13(24)23-28(25,26)11-6-4-3-5-10(11)7-8-15(16,17)18/h6-7H,2-5,8H2,1H3;3-6H,7-8H2,1-2H3,(H2,19,20,21,22,23,24)/b18-14-;. The highest BCUT2D eigenvalue weighted by atomic mass is 35.5. The number of methoxy groups -OCH3 is 2. The molecular formula is C30H31ClF4N8O7S3. The number of urea groups is 1. The molecule has 15 nitrogen and oxygen atoms in total. The summed E-state index contributed by atoms with van der Waals surface area (Å²) in [5.41, 5.74) is 0.0114. The van der Waals surface area contributed by atoms with Gasteiger partial charge >= 0.3 is 29.1 Å². The molecule has 53 heavy (non-hydrogen) atoms. The van der Waals surface area contributed by atoms with Crippen LogP contribution in [0.1, 0.15) is 30.7 Å². The smallest absolute Gasteiger partial charge is 0.389 e. The van der Waals surface area contributed by atoms with Crippen molar-refractivity contribution in [2.75, 3.05) is 25.3 Å². The van der Waals surface area contributed by atoms with Crippen LogP contribution < -0.4 is 24.5 Å². The second kappa shape index (κ2) is 18.0. The molecule has 286 valence electrons. The third-order valence-electron chi connectivity index (χ3n) is 6.98. The van der Waals surface area contributed by atoms with Gasteiger partial charge in [0.1, 0.15) is 17.3 Å². The fourth-order valence-electron chi connectivity index (χ4n) is 4.59. The summed E-state index contributed by atoms with van der Waals surface area (Å²) < 4.78 is 91.0. The van der Waals surface area contributed by atoms with Gasteiger partial charge in [0.05, 0.1) is 29.9 Å². The normalized spacial score (nSPS) is 13.0. The molecule has 4 aromatic rings. The second-order valence-corrected chi connectivity index (χ2v) is 14.8. The summed E-state index contributed by atoms with van der Waals surface area (Å²) in [6.07, 6.45) is -4.30. The van der Waals surface area contributed by atoms with Crippen LogP contribution in [0.4, 0.5) is 34.0 Å². The lowest BCUT2D eigenvalue weighted by molar-refractivity contribution is -0.137. The van der Waals surface area contributed by atoms with Crippen molar-refractivity contribution in [2.24, 2.45) is 4.99 Å². The number of aromatic nitrogens is 5. The van der Waals surface area contributed by atoms with Gasteiger partial charge in [-0.25, -0.2) is 32.0 Å². The minimum atomic E-state index is -4.45. The first-order chi connectivity index (χ1) is 25.0. The van der Waals surface area contributed by atoms with Crippen LogP contribution in [0.15, 0.2) is 56.0 Å². The highest BCUT2D eigenvalue weighted by molar-refractivity contribution is 8.00. The highest BCUT2D eigenvalue weighted by Gasteiger charge is 2.29. The van der Waals surface area contributed by atoms with E-state index in [0.29, 0.717) is 22.8 Å². The van der Waals surface area contributed by atoms with Crippen LogP contribution in [0.3, 0.4) is 0 Å². The quantitative estimate of drug-likeness (QED) is 0.125. The molecule has 0 fully saturated rings. The number of thioether (sulfide) groups is 1. The number of ether oxygens (including phenoxy) is 2. The summed E-state index contributed by atoms with van der Waals surface area (Å²) in [7, 11) is -1.85. The Morgan fingerprint density at radius 2 is 1.79 bits per heavy atom. The largest absolute Gasteiger partial charge is 0.468 e. The van der Waals surface area contributed by atoms with E-state index in [0.717, 1.165) is 48.1 Å². The van der Waals surface area contributed by atoms with E-state index in [9.17, 15) is 40.4 Å². The topological polar surface area (TPSA) is 189 Å². The van der Waals surface area contributed by atoms with E-state index in [-0.39, 0.29) is 44.7 Å². The van der Waals surface area contributed by atoms with Gasteiger partial charge in [0, 0.05) is 24.4 Å². The molecule has 0 aliphatic carbocycles. The minimum absolute atomic E-state index is 0.0605. The number of aryl methyl sites for hydroxylation is 2. The van der Waals surface area contributed by atoms with Gasteiger partial charge in [0.15, 0.2) is 0 Å². The van der Waals surface area contributed by atoms with Crippen LogP contribution in [0.5, 0.6) is 6.01 Å².